The number of pyridine rings is 1. The molecule has 2 aromatic rings. The first-order valence-corrected chi connectivity index (χ1v) is 4.90. The van der Waals surface area contributed by atoms with Crippen molar-refractivity contribution in [2.45, 2.75) is 0 Å². The molecule has 0 saturated heterocycles. The van der Waals surface area contributed by atoms with Crippen molar-refractivity contribution in [3.8, 4) is 5.75 Å². The van der Waals surface area contributed by atoms with Gasteiger partial charge in [-0.2, -0.15) is 0 Å². The zero-order valence-electron chi connectivity index (χ0n) is 7.85. The standard InChI is InChI=1S/C9H8N2O3S/c1-14-9(13)8-7(10)6-4(12)2-11-3-5(6)15-8/h2-3,12H,10H2,1H3. The van der Waals surface area contributed by atoms with Gasteiger partial charge in [-0.1, -0.05) is 0 Å². The Hall–Kier alpha value is -1.82. The Morgan fingerprint density at radius 2 is 2.33 bits per heavy atom. The van der Waals surface area contributed by atoms with Crippen molar-refractivity contribution in [2.75, 3.05) is 12.8 Å². The molecule has 5 nitrogen and oxygen atoms in total. The lowest BCUT2D eigenvalue weighted by atomic mass is 10.2. The van der Waals surface area contributed by atoms with Crippen molar-refractivity contribution < 1.29 is 14.6 Å². The Balaban J connectivity index is 2.75. The number of hydrogen-bond acceptors (Lipinski definition) is 6. The first-order chi connectivity index (χ1) is 7.15. The van der Waals surface area contributed by atoms with Gasteiger partial charge in [0.1, 0.15) is 10.6 Å². The largest absolute Gasteiger partial charge is 0.506 e. The fourth-order valence-corrected chi connectivity index (χ4v) is 2.33. The van der Waals surface area contributed by atoms with Crippen molar-refractivity contribution in [3.05, 3.63) is 17.3 Å². The molecule has 0 aliphatic heterocycles. The first-order valence-electron chi connectivity index (χ1n) is 4.08. The molecule has 2 aromatic heterocycles. The maximum atomic E-state index is 11.3. The molecule has 78 valence electrons. The molecule has 6 heteroatoms. The third-order valence-corrected chi connectivity index (χ3v) is 3.11. The lowest BCUT2D eigenvalue weighted by Gasteiger charge is -1.97. The van der Waals surface area contributed by atoms with Gasteiger partial charge in [0.15, 0.2) is 0 Å². The van der Waals surface area contributed by atoms with Gasteiger partial charge in [0.25, 0.3) is 0 Å². The number of anilines is 1. The highest BCUT2D eigenvalue weighted by molar-refractivity contribution is 7.21. The molecule has 0 aromatic carbocycles. The van der Waals surface area contributed by atoms with Crippen LogP contribution in [-0.4, -0.2) is 23.2 Å². The molecular formula is C9H8N2O3S. The third kappa shape index (κ3) is 1.39. The summed E-state index contributed by atoms with van der Waals surface area (Å²) >= 11 is 1.15. The van der Waals surface area contributed by atoms with E-state index in [4.69, 9.17) is 5.73 Å². The van der Waals surface area contributed by atoms with Crippen molar-refractivity contribution in [2.24, 2.45) is 0 Å². The summed E-state index contributed by atoms with van der Waals surface area (Å²) in [5.41, 5.74) is 5.98. The fourth-order valence-electron chi connectivity index (χ4n) is 1.30. The van der Waals surface area contributed by atoms with Crippen LogP contribution in [0.25, 0.3) is 10.1 Å². The van der Waals surface area contributed by atoms with E-state index in [2.05, 4.69) is 9.72 Å². The molecule has 0 fully saturated rings. The second-order valence-corrected chi connectivity index (χ2v) is 3.92. The highest BCUT2D eigenvalue weighted by Gasteiger charge is 2.18. The van der Waals surface area contributed by atoms with Crippen LogP contribution >= 0.6 is 11.3 Å². The van der Waals surface area contributed by atoms with Crippen LogP contribution in [0.5, 0.6) is 5.75 Å². The van der Waals surface area contributed by atoms with Crippen molar-refractivity contribution in [1.29, 1.82) is 0 Å². The second-order valence-electron chi connectivity index (χ2n) is 2.87. The van der Waals surface area contributed by atoms with Gasteiger partial charge in [0.05, 0.1) is 29.1 Å². The average molecular weight is 224 g/mol. The summed E-state index contributed by atoms with van der Waals surface area (Å²) in [6.07, 6.45) is 2.83. The summed E-state index contributed by atoms with van der Waals surface area (Å²) in [6.45, 7) is 0. The van der Waals surface area contributed by atoms with E-state index in [-0.39, 0.29) is 16.3 Å². The summed E-state index contributed by atoms with van der Waals surface area (Å²) in [4.78, 5) is 15.4. The molecule has 0 aliphatic carbocycles. The van der Waals surface area contributed by atoms with Gasteiger partial charge in [-0.05, 0) is 0 Å². The van der Waals surface area contributed by atoms with Crippen LogP contribution in [0.2, 0.25) is 0 Å². The maximum Gasteiger partial charge on any atom is 0.350 e. The van der Waals surface area contributed by atoms with Crippen LogP contribution in [-0.2, 0) is 4.74 Å². The number of aromatic hydroxyl groups is 1. The van der Waals surface area contributed by atoms with Crippen LogP contribution in [0, 0.1) is 0 Å². The molecule has 2 rings (SSSR count). The Labute approximate surface area is 89.1 Å². The number of thiophene rings is 1. The number of esters is 1. The van der Waals surface area contributed by atoms with Gasteiger partial charge < -0.3 is 15.6 Å². The van der Waals surface area contributed by atoms with Crippen LogP contribution < -0.4 is 5.73 Å². The lowest BCUT2D eigenvalue weighted by Crippen LogP contribution is -2.01. The summed E-state index contributed by atoms with van der Waals surface area (Å²) in [5, 5.41) is 9.99. The van der Waals surface area contributed by atoms with E-state index in [1.165, 1.54) is 13.3 Å². The van der Waals surface area contributed by atoms with Gasteiger partial charge in [-0.3, -0.25) is 4.98 Å². The Kier molecular flexibility index (Phi) is 2.20. The number of methoxy groups -OCH3 is 1. The number of nitrogens with zero attached hydrogens (tertiary/aromatic N) is 1. The van der Waals surface area contributed by atoms with Crippen LogP contribution in [0.1, 0.15) is 9.67 Å². The molecule has 0 bridgehead atoms. The topological polar surface area (TPSA) is 85.4 Å². The monoisotopic (exact) mass is 224 g/mol. The number of rotatable bonds is 1. The van der Waals surface area contributed by atoms with E-state index in [0.717, 1.165) is 11.3 Å². The van der Waals surface area contributed by atoms with Crippen molar-refractivity contribution in [3.63, 3.8) is 0 Å². The molecule has 3 N–H and O–H groups in total. The van der Waals surface area contributed by atoms with E-state index in [9.17, 15) is 9.90 Å². The number of ether oxygens (including phenoxy) is 1. The summed E-state index contributed by atoms with van der Waals surface area (Å²) < 4.78 is 5.24. The number of hydrogen-bond donors (Lipinski definition) is 2. The quantitative estimate of drug-likeness (QED) is 0.714. The van der Waals surface area contributed by atoms with Crippen LogP contribution in [0.3, 0.4) is 0 Å². The predicted molar refractivity (Wildman–Crippen MR) is 57.0 cm³/mol. The SMILES string of the molecule is COC(=O)c1sc2cncc(O)c2c1N. The van der Waals surface area contributed by atoms with Gasteiger partial charge in [0, 0.05) is 6.20 Å². The van der Waals surface area contributed by atoms with E-state index in [0.29, 0.717) is 10.1 Å². The number of nitrogens with two attached hydrogens (primary N) is 1. The lowest BCUT2D eigenvalue weighted by molar-refractivity contribution is 0.0607. The molecule has 0 atom stereocenters. The van der Waals surface area contributed by atoms with Crippen molar-refractivity contribution in [1.82, 2.24) is 4.98 Å². The van der Waals surface area contributed by atoms with Gasteiger partial charge in [0.2, 0.25) is 0 Å². The highest BCUT2D eigenvalue weighted by atomic mass is 32.1. The molecule has 0 amide bonds. The van der Waals surface area contributed by atoms with E-state index < -0.39 is 5.97 Å². The van der Waals surface area contributed by atoms with E-state index in [1.807, 2.05) is 0 Å². The summed E-state index contributed by atoms with van der Waals surface area (Å²) in [6, 6.07) is 0. The van der Waals surface area contributed by atoms with Crippen LogP contribution in [0.15, 0.2) is 12.4 Å². The predicted octanol–water partition coefficient (Wildman–Crippen LogP) is 1.37. The van der Waals surface area contributed by atoms with E-state index in [1.54, 1.807) is 6.20 Å². The summed E-state index contributed by atoms with van der Waals surface area (Å²) in [5.74, 6) is -0.537. The Morgan fingerprint density at radius 1 is 1.60 bits per heavy atom. The number of carbonyl (C=O) groups is 1. The minimum absolute atomic E-state index is 0.0311. The fraction of sp³-hybridized carbons (Fsp3) is 0.111. The zero-order chi connectivity index (χ0) is 11.0. The number of fused-ring (bicyclic) bond motifs is 1. The molecule has 2 heterocycles. The smallest absolute Gasteiger partial charge is 0.350 e. The Bertz CT molecular complexity index is 535. The van der Waals surface area contributed by atoms with Crippen molar-refractivity contribution >= 4 is 33.1 Å². The number of nitrogen functional groups attached to an aromatic ring is 1. The normalized spacial score (nSPS) is 10.5. The van der Waals surface area contributed by atoms with Gasteiger partial charge in [-0.15, -0.1) is 11.3 Å². The molecular weight excluding hydrogens is 216 g/mol. The third-order valence-electron chi connectivity index (χ3n) is 1.99. The van der Waals surface area contributed by atoms with E-state index >= 15 is 0 Å². The molecule has 0 aliphatic rings. The molecule has 0 saturated carbocycles. The number of carbonyl (C=O) groups excluding carboxylic acids is 1. The van der Waals surface area contributed by atoms with Crippen LogP contribution in [0.4, 0.5) is 5.69 Å². The highest BCUT2D eigenvalue weighted by Crippen LogP contribution is 2.38. The maximum absolute atomic E-state index is 11.3. The van der Waals surface area contributed by atoms with Gasteiger partial charge >= 0.3 is 5.97 Å². The minimum atomic E-state index is -0.506. The summed E-state index contributed by atoms with van der Waals surface area (Å²) in [7, 11) is 1.28. The minimum Gasteiger partial charge on any atom is -0.506 e. The van der Waals surface area contributed by atoms with Gasteiger partial charge in [-0.25, -0.2) is 4.79 Å². The molecule has 0 radical (unpaired) electrons. The number of aromatic nitrogens is 1. The molecule has 0 spiro atoms. The molecule has 15 heavy (non-hydrogen) atoms. The molecule has 0 unspecified atom stereocenters. The average Bonchev–Trinajstić information content (AvgIpc) is 2.56. The second kappa shape index (κ2) is 3.39. The first kappa shape index (κ1) is 9.72. The zero-order valence-corrected chi connectivity index (χ0v) is 8.67. The Morgan fingerprint density at radius 3 is 2.93 bits per heavy atom.